The Morgan fingerprint density at radius 3 is 2.38 bits per heavy atom. The number of amides is 1. The first-order valence-corrected chi connectivity index (χ1v) is 8.08. The van der Waals surface area contributed by atoms with Crippen LogP contribution in [0.25, 0.3) is 0 Å². The molecule has 1 aromatic carbocycles. The molecule has 0 radical (unpaired) electrons. The van der Waals surface area contributed by atoms with E-state index in [0.29, 0.717) is 0 Å². The van der Waals surface area contributed by atoms with E-state index < -0.39 is 15.8 Å². The lowest BCUT2D eigenvalue weighted by Gasteiger charge is -2.26. The van der Waals surface area contributed by atoms with Gasteiger partial charge in [0.15, 0.2) is 0 Å². The average molecular weight is 316 g/mol. The zero-order chi connectivity index (χ0) is 16.4. The first-order chi connectivity index (χ1) is 9.41. The normalized spacial score (nSPS) is 13.8. The molecule has 0 aromatic heterocycles. The minimum Gasteiger partial charge on any atom is -0.324 e. The second-order valence-electron chi connectivity index (χ2n) is 6.21. The second kappa shape index (κ2) is 6.11. The molecule has 118 valence electrons. The van der Waals surface area contributed by atoms with Crippen molar-refractivity contribution in [2.75, 3.05) is 5.32 Å². The number of halogens is 1. The van der Waals surface area contributed by atoms with Crippen LogP contribution in [0.15, 0.2) is 23.1 Å². The van der Waals surface area contributed by atoms with Crippen LogP contribution in [0.5, 0.6) is 0 Å². The van der Waals surface area contributed by atoms with Crippen molar-refractivity contribution in [2.45, 2.75) is 39.0 Å². The SMILES string of the molecule is CC(CC(=O)Nc1ccc(S(N)(=O)=O)cc1F)C(C)(C)C. The van der Waals surface area contributed by atoms with Gasteiger partial charge in [-0.1, -0.05) is 27.7 Å². The van der Waals surface area contributed by atoms with E-state index in [-0.39, 0.29) is 34.2 Å². The molecule has 0 spiro atoms. The molecule has 0 bridgehead atoms. The topological polar surface area (TPSA) is 89.3 Å². The van der Waals surface area contributed by atoms with E-state index in [1.54, 1.807) is 0 Å². The highest BCUT2D eigenvalue weighted by atomic mass is 32.2. The predicted molar refractivity (Wildman–Crippen MR) is 79.6 cm³/mol. The molecule has 0 heterocycles. The highest BCUT2D eigenvalue weighted by molar-refractivity contribution is 7.89. The molecule has 0 saturated carbocycles. The Morgan fingerprint density at radius 2 is 1.95 bits per heavy atom. The van der Waals surface area contributed by atoms with Crippen molar-refractivity contribution >= 4 is 21.6 Å². The van der Waals surface area contributed by atoms with E-state index in [2.05, 4.69) is 5.32 Å². The molecule has 5 nitrogen and oxygen atoms in total. The Morgan fingerprint density at radius 1 is 1.38 bits per heavy atom. The van der Waals surface area contributed by atoms with Gasteiger partial charge in [-0.25, -0.2) is 17.9 Å². The van der Waals surface area contributed by atoms with Crippen LogP contribution in [0.2, 0.25) is 0 Å². The van der Waals surface area contributed by atoms with Gasteiger partial charge in [0.25, 0.3) is 0 Å². The molecule has 0 aliphatic carbocycles. The number of nitrogens with one attached hydrogen (secondary N) is 1. The number of carbonyl (C=O) groups excluding carboxylic acids is 1. The number of nitrogens with two attached hydrogens (primary N) is 1. The number of carbonyl (C=O) groups is 1. The van der Waals surface area contributed by atoms with E-state index in [1.165, 1.54) is 6.07 Å². The fourth-order valence-electron chi connectivity index (χ4n) is 1.56. The summed E-state index contributed by atoms with van der Waals surface area (Å²) in [5.74, 6) is -1.04. The molecular weight excluding hydrogens is 295 g/mol. The van der Waals surface area contributed by atoms with Crippen molar-refractivity contribution in [3.8, 4) is 0 Å². The number of sulfonamides is 1. The number of primary sulfonamides is 1. The van der Waals surface area contributed by atoms with Crippen LogP contribution in [0.3, 0.4) is 0 Å². The van der Waals surface area contributed by atoms with Gasteiger partial charge in [-0.2, -0.15) is 0 Å². The fraction of sp³-hybridized carbons (Fsp3) is 0.500. The van der Waals surface area contributed by atoms with Crippen molar-refractivity contribution in [2.24, 2.45) is 16.5 Å². The Labute approximate surface area is 124 Å². The summed E-state index contributed by atoms with van der Waals surface area (Å²) in [5, 5.41) is 7.35. The lowest BCUT2D eigenvalue weighted by molar-refractivity contribution is -0.117. The van der Waals surface area contributed by atoms with Crippen molar-refractivity contribution in [1.29, 1.82) is 0 Å². The molecule has 0 fully saturated rings. The Hall–Kier alpha value is -1.47. The second-order valence-corrected chi connectivity index (χ2v) is 7.77. The molecule has 1 atom stereocenters. The van der Waals surface area contributed by atoms with Crippen molar-refractivity contribution in [1.82, 2.24) is 0 Å². The monoisotopic (exact) mass is 316 g/mol. The molecule has 1 rings (SSSR count). The molecule has 7 heteroatoms. The van der Waals surface area contributed by atoms with Gasteiger partial charge in [-0.15, -0.1) is 0 Å². The predicted octanol–water partition coefficient (Wildman–Crippen LogP) is 2.48. The van der Waals surface area contributed by atoms with E-state index >= 15 is 0 Å². The summed E-state index contributed by atoms with van der Waals surface area (Å²) in [6, 6.07) is 3.13. The van der Waals surface area contributed by atoms with Crippen molar-refractivity contribution in [3.63, 3.8) is 0 Å². The quantitative estimate of drug-likeness (QED) is 0.894. The first kappa shape index (κ1) is 17.6. The van der Waals surface area contributed by atoms with Gasteiger partial charge in [0.05, 0.1) is 10.6 Å². The molecule has 0 aliphatic heterocycles. The third-order valence-electron chi connectivity index (χ3n) is 3.51. The van der Waals surface area contributed by atoms with Crippen LogP contribution in [0, 0.1) is 17.2 Å². The maximum Gasteiger partial charge on any atom is 0.238 e. The summed E-state index contributed by atoms with van der Waals surface area (Å²) in [5.41, 5.74) is -0.0959. The number of hydrogen-bond donors (Lipinski definition) is 2. The largest absolute Gasteiger partial charge is 0.324 e. The summed E-state index contributed by atoms with van der Waals surface area (Å²) < 4.78 is 36.0. The number of anilines is 1. The zero-order valence-electron chi connectivity index (χ0n) is 12.6. The summed E-state index contributed by atoms with van der Waals surface area (Å²) >= 11 is 0. The minimum absolute atomic E-state index is 0.0344. The molecule has 1 unspecified atom stereocenters. The van der Waals surface area contributed by atoms with Crippen molar-refractivity contribution in [3.05, 3.63) is 24.0 Å². The molecule has 1 amide bonds. The fourth-order valence-corrected chi connectivity index (χ4v) is 2.09. The van der Waals surface area contributed by atoms with E-state index in [4.69, 9.17) is 5.14 Å². The Kier molecular flexibility index (Phi) is 5.11. The Balaban J connectivity index is 2.83. The van der Waals surface area contributed by atoms with Crippen LogP contribution in [0.4, 0.5) is 10.1 Å². The van der Waals surface area contributed by atoms with Crippen LogP contribution in [-0.2, 0) is 14.8 Å². The smallest absolute Gasteiger partial charge is 0.238 e. The molecular formula is C14H21FN2O3S. The maximum absolute atomic E-state index is 13.8. The van der Waals surface area contributed by atoms with E-state index in [0.717, 1.165) is 12.1 Å². The van der Waals surface area contributed by atoms with E-state index in [1.807, 2.05) is 27.7 Å². The van der Waals surface area contributed by atoms with Gasteiger partial charge >= 0.3 is 0 Å². The Bertz CT molecular complexity index is 636. The van der Waals surface area contributed by atoms with Gasteiger partial charge in [0, 0.05) is 6.42 Å². The molecule has 1 aromatic rings. The number of benzene rings is 1. The molecule has 21 heavy (non-hydrogen) atoms. The first-order valence-electron chi connectivity index (χ1n) is 6.53. The number of rotatable bonds is 4. The highest BCUT2D eigenvalue weighted by Crippen LogP contribution is 2.28. The van der Waals surface area contributed by atoms with Gasteiger partial charge < -0.3 is 5.32 Å². The van der Waals surface area contributed by atoms with Gasteiger partial charge in [0.1, 0.15) is 5.82 Å². The standard InChI is InChI=1S/C14H21FN2O3S/c1-9(14(2,3)4)7-13(18)17-12-6-5-10(8-11(12)15)21(16,19)20/h5-6,8-9H,7H2,1-4H3,(H,17,18)(H2,16,19,20). The molecule has 3 N–H and O–H groups in total. The number of hydrogen-bond acceptors (Lipinski definition) is 3. The third-order valence-corrected chi connectivity index (χ3v) is 4.42. The van der Waals surface area contributed by atoms with Crippen LogP contribution >= 0.6 is 0 Å². The molecule has 0 aliphatic rings. The summed E-state index contributed by atoms with van der Waals surface area (Å²) in [6.45, 7) is 8.01. The van der Waals surface area contributed by atoms with Gasteiger partial charge in [-0.3, -0.25) is 4.79 Å². The van der Waals surface area contributed by atoms with E-state index in [9.17, 15) is 17.6 Å². The lowest BCUT2D eigenvalue weighted by Crippen LogP contribution is -2.24. The lowest BCUT2D eigenvalue weighted by atomic mass is 9.80. The zero-order valence-corrected chi connectivity index (χ0v) is 13.4. The van der Waals surface area contributed by atoms with Crippen LogP contribution in [-0.4, -0.2) is 14.3 Å². The van der Waals surface area contributed by atoms with Crippen LogP contribution in [0.1, 0.15) is 34.1 Å². The minimum atomic E-state index is -3.96. The van der Waals surface area contributed by atoms with Crippen molar-refractivity contribution < 1.29 is 17.6 Å². The maximum atomic E-state index is 13.8. The summed E-state index contributed by atoms with van der Waals surface area (Å²) in [6.07, 6.45) is 0.250. The third kappa shape index (κ3) is 5.09. The van der Waals surface area contributed by atoms with Gasteiger partial charge in [-0.05, 0) is 29.5 Å². The van der Waals surface area contributed by atoms with Gasteiger partial charge in [0.2, 0.25) is 15.9 Å². The average Bonchev–Trinajstić information content (AvgIpc) is 2.29. The van der Waals surface area contributed by atoms with Crippen LogP contribution < -0.4 is 10.5 Å². The molecule has 0 saturated heterocycles. The summed E-state index contributed by atoms with van der Waals surface area (Å²) in [4.78, 5) is 11.6. The summed E-state index contributed by atoms with van der Waals surface area (Å²) in [7, 11) is -3.96. The highest BCUT2D eigenvalue weighted by Gasteiger charge is 2.23.